The summed E-state index contributed by atoms with van der Waals surface area (Å²) >= 11 is 0. The van der Waals surface area contributed by atoms with Gasteiger partial charge in [0, 0.05) is 12.6 Å². The van der Waals surface area contributed by atoms with E-state index in [2.05, 4.69) is 15.5 Å². The number of halogens is 2. The van der Waals surface area contributed by atoms with Crippen molar-refractivity contribution in [1.82, 2.24) is 15.5 Å². The number of nitrogens with zero attached hydrogens (tertiary/aromatic N) is 1. The summed E-state index contributed by atoms with van der Waals surface area (Å²) in [5, 5.41) is 8.62. The molecule has 5 nitrogen and oxygen atoms in total. The van der Waals surface area contributed by atoms with Crippen LogP contribution in [0.25, 0.3) is 0 Å². The van der Waals surface area contributed by atoms with Crippen LogP contribution in [0.4, 0.5) is 8.78 Å². The number of nitrogens with one attached hydrogen (secondary N) is 2. The zero-order valence-electron chi connectivity index (χ0n) is 12.9. The second-order valence-electron chi connectivity index (χ2n) is 6.05. The molecule has 0 aliphatic heterocycles. The number of aromatic amines is 1. The number of hydrogen-bond acceptors (Lipinski definition) is 3. The van der Waals surface area contributed by atoms with Crippen LogP contribution in [0.2, 0.25) is 0 Å². The first-order chi connectivity index (χ1) is 11.5. The highest BCUT2D eigenvalue weighted by Crippen LogP contribution is 2.38. The van der Waals surface area contributed by atoms with Gasteiger partial charge >= 0.3 is 0 Å². The summed E-state index contributed by atoms with van der Waals surface area (Å²) in [4.78, 5) is 23.0. The lowest BCUT2D eigenvalue weighted by Gasteiger charge is -2.17. The third kappa shape index (κ3) is 4.04. The number of amides is 1. The Bertz CT molecular complexity index is 782. The number of hydrogen-bond donors (Lipinski definition) is 2. The lowest BCUT2D eigenvalue weighted by Crippen LogP contribution is -2.32. The van der Waals surface area contributed by atoms with Crippen molar-refractivity contribution in [1.29, 1.82) is 0 Å². The molecule has 1 fully saturated rings. The molecular formula is C17H17F2N3O2. The fourth-order valence-corrected chi connectivity index (χ4v) is 2.74. The normalized spacial score (nSPS) is 15.1. The molecule has 1 atom stereocenters. The smallest absolute Gasteiger partial charge is 0.271 e. The molecule has 1 aromatic heterocycles. The van der Waals surface area contributed by atoms with E-state index in [9.17, 15) is 18.4 Å². The van der Waals surface area contributed by atoms with Crippen LogP contribution in [0.15, 0.2) is 35.1 Å². The van der Waals surface area contributed by atoms with Gasteiger partial charge in [-0.1, -0.05) is 0 Å². The van der Waals surface area contributed by atoms with Crippen molar-refractivity contribution >= 4 is 5.91 Å². The van der Waals surface area contributed by atoms with Crippen LogP contribution < -0.4 is 10.9 Å². The Labute approximate surface area is 137 Å². The van der Waals surface area contributed by atoms with Gasteiger partial charge in [-0.05, 0) is 60.9 Å². The fourth-order valence-electron chi connectivity index (χ4n) is 2.74. The van der Waals surface area contributed by atoms with Crippen molar-refractivity contribution in [3.63, 3.8) is 0 Å². The lowest BCUT2D eigenvalue weighted by molar-refractivity contribution is 0.0939. The molecular weight excluding hydrogens is 316 g/mol. The van der Waals surface area contributed by atoms with Gasteiger partial charge in [0.05, 0.1) is 0 Å². The third-order valence-electron chi connectivity index (χ3n) is 4.22. The molecule has 126 valence electrons. The van der Waals surface area contributed by atoms with Gasteiger partial charge in [0.1, 0.15) is 17.3 Å². The average molecular weight is 333 g/mol. The molecule has 1 unspecified atom stereocenters. The Morgan fingerprint density at radius 2 is 2.08 bits per heavy atom. The Hall–Kier alpha value is -2.57. The topological polar surface area (TPSA) is 74.8 Å². The molecule has 2 N–H and O–H groups in total. The van der Waals surface area contributed by atoms with Gasteiger partial charge in [0.25, 0.3) is 11.5 Å². The van der Waals surface area contributed by atoms with Gasteiger partial charge in [-0.15, -0.1) is 0 Å². The molecule has 1 heterocycles. The molecule has 1 saturated carbocycles. The molecule has 1 aromatic carbocycles. The van der Waals surface area contributed by atoms with E-state index in [0.717, 1.165) is 25.0 Å². The predicted octanol–water partition coefficient (Wildman–Crippen LogP) is 2.05. The van der Waals surface area contributed by atoms with Crippen LogP contribution >= 0.6 is 0 Å². The lowest BCUT2D eigenvalue weighted by atomic mass is 9.94. The van der Waals surface area contributed by atoms with Gasteiger partial charge < -0.3 is 5.32 Å². The largest absolute Gasteiger partial charge is 0.350 e. The highest BCUT2D eigenvalue weighted by atomic mass is 19.1. The summed E-state index contributed by atoms with van der Waals surface area (Å²) in [6.07, 6.45) is 2.41. The minimum absolute atomic E-state index is 0.0352. The van der Waals surface area contributed by atoms with Crippen LogP contribution in [0, 0.1) is 23.5 Å². The number of H-pyrrole nitrogens is 1. The van der Waals surface area contributed by atoms with Gasteiger partial charge in [-0.2, -0.15) is 5.10 Å². The Balaban J connectivity index is 1.64. The van der Waals surface area contributed by atoms with E-state index in [4.69, 9.17) is 0 Å². The zero-order chi connectivity index (χ0) is 17.1. The first-order valence-corrected chi connectivity index (χ1v) is 7.81. The summed E-state index contributed by atoms with van der Waals surface area (Å²) in [5.74, 6) is -0.876. The van der Waals surface area contributed by atoms with Crippen LogP contribution in [-0.2, 0) is 6.42 Å². The van der Waals surface area contributed by atoms with Crippen molar-refractivity contribution in [3.05, 3.63) is 63.6 Å². The van der Waals surface area contributed by atoms with Crippen molar-refractivity contribution in [2.24, 2.45) is 11.8 Å². The first kappa shape index (κ1) is 16.3. The van der Waals surface area contributed by atoms with Gasteiger partial charge in [-0.25, -0.2) is 13.9 Å². The van der Waals surface area contributed by atoms with Crippen molar-refractivity contribution in [3.8, 4) is 0 Å². The maximum Gasteiger partial charge on any atom is 0.271 e. The van der Waals surface area contributed by atoms with E-state index in [1.807, 2.05) is 0 Å². The summed E-state index contributed by atoms with van der Waals surface area (Å²) in [6.45, 7) is 0.347. The Morgan fingerprint density at radius 3 is 2.75 bits per heavy atom. The molecule has 0 spiro atoms. The van der Waals surface area contributed by atoms with Crippen LogP contribution in [0.3, 0.4) is 0 Å². The SMILES string of the molecule is O=C(NCC(Cc1cc(F)ccc1F)C1CC1)c1ccc(=O)[nH]n1. The molecule has 0 bridgehead atoms. The highest BCUT2D eigenvalue weighted by Gasteiger charge is 2.32. The van der Waals surface area contributed by atoms with Gasteiger partial charge in [-0.3, -0.25) is 9.59 Å². The molecule has 24 heavy (non-hydrogen) atoms. The summed E-state index contributed by atoms with van der Waals surface area (Å²) in [7, 11) is 0. The molecule has 0 radical (unpaired) electrons. The van der Waals surface area contributed by atoms with E-state index in [0.29, 0.717) is 24.4 Å². The maximum atomic E-state index is 13.8. The quantitative estimate of drug-likeness (QED) is 0.849. The van der Waals surface area contributed by atoms with Crippen LogP contribution in [-0.4, -0.2) is 22.6 Å². The van der Waals surface area contributed by atoms with E-state index < -0.39 is 17.5 Å². The number of carbonyl (C=O) groups is 1. The van der Waals surface area contributed by atoms with Gasteiger partial charge in [0.15, 0.2) is 0 Å². The second kappa shape index (κ2) is 6.90. The Kier molecular flexibility index (Phi) is 4.69. The van der Waals surface area contributed by atoms with E-state index >= 15 is 0 Å². The Morgan fingerprint density at radius 1 is 1.29 bits per heavy atom. The average Bonchev–Trinajstić information content (AvgIpc) is 3.40. The predicted molar refractivity (Wildman–Crippen MR) is 83.5 cm³/mol. The number of carbonyl (C=O) groups excluding carboxylic acids is 1. The molecule has 3 rings (SSSR count). The minimum Gasteiger partial charge on any atom is -0.350 e. The molecule has 1 amide bonds. The fraction of sp³-hybridized carbons (Fsp3) is 0.353. The van der Waals surface area contributed by atoms with Crippen LogP contribution in [0.1, 0.15) is 28.9 Å². The molecule has 0 saturated heterocycles. The van der Waals surface area contributed by atoms with E-state index in [1.165, 1.54) is 18.2 Å². The van der Waals surface area contributed by atoms with E-state index in [1.54, 1.807) is 0 Å². The number of benzene rings is 1. The first-order valence-electron chi connectivity index (χ1n) is 7.81. The van der Waals surface area contributed by atoms with Crippen molar-refractivity contribution in [2.45, 2.75) is 19.3 Å². The third-order valence-corrected chi connectivity index (χ3v) is 4.22. The number of aromatic nitrogens is 2. The summed E-state index contributed by atoms with van der Waals surface area (Å²) in [6, 6.07) is 5.98. The van der Waals surface area contributed by atoms with Crippen LogP contribution in [0.5, 0.6) is 0 Å². The van der Waals surface area contributed by atoms with E-state index in [-0.39, 0.29) is 17.2 Å². The summed E-state index contributed by atoms with van der Waals surface area (Å²) < 4.78 is 27.1. The second-order valence-corrected chi connectivity index (χ2v) is 6.05. The highest BCUT2D eigenvalue weighted by molar-refractivity contribution is 5.91. The number of rotatable bonds is 6. The molecule has 7 heteroatoms. The standard InChI is InChI=1S/C17H17F2N3O2/c18-13-3-4-14(19)11(8-13)7-12(10-1-2-10)9-20-17(24)15-5-6-16(23)22-21-15/h3-6,8,10,12H,1-2,7,9H2,(H,20,24)(H,22,23). The van der Waals surface area contributed by atoms with Crippen molar-refractivity contribution in [2.75, 3.05) is 6.54 Å². The van der Waals surface area contributed by atoms with Crippen molar-refractivity contribution < 1.29 is 13.6 Å². The molecule has 1 aliphatic rings. The summed E-state index contributed by atoms with van der Waals surface area (Å²) in [5.41, 5.74) is 0.0494. The monoisotopic (exact) mass is 333 g/mol. The maximum absolute atomic E-state index is 13.8. The minimum atomic E-state index is -0.470. The zero-order valence-corrected chi connectivity index (χ0v) is 12.9. The molecule has 2 aromatic rings. The van der Waals surface area contributed by atoms with Gasteiger partial charge in [0.2, 0.25) is 0 Å². The molecule has 1 aliphatic carbocycles.